The quantitative estimate of drug-likeness (QED) is 0.497. The molecule has 0 saturated heterocycles. The average Bonchev–Trinajstić information content (AvgIpc) is 2.47. The summed E-state index contributed by atoms with van der Waals surface area (Å²) in [6.07, 6.45) is 0.592. The summed E-state index contributed by atoms with van der Waals surface area (Å²) in [4.78, 5) is 24.1. The number of rotatable bonds is 5. The molecule has 6 heteroatoms. The lowest BCUT2D eigenvalue weighted by molar-refractivity contribution is -0.139. The number of hydrogen-bond donors (Lipinski definition) is 2. The zero-order valence-corrected chi connectivity index (χ0v) is 13.4. The molecule has 2 amide bonds. The number of allylic oxidation sites excluding steroid dienone is 1. The van der Waals surface area contributed by atoms with E-state index in [2.05, 4.69) is 10.6 Å². The Labute approximate surface area is 134 Å². The summed E-state index contributed by atoms with van der Waals surface area (Å²) in [6, 6.07) is 6.82. The van der Waals surface area contributed by atoms with E-state index < -0.39 is 12.0 Å². The molecule has 1 atom stereocenters. The number of urea groups is 1. The molecule has 2 N–H and O–H groups in total. The van der Waals surface area contributed by atoms with E-state index in [1.165, 1.54) is 0 Å². The maximum absolute atomic E-state index is 12.3. The molecular formula is C16H19ClN2O3. The lowest BCUT2D eigenvalue weighted by atomic mass is 9.95. The minimum atomic E-state index is -0.516. The molecule has 0 aliphatic carbocycles. The van der Waals surface area contributed by atoms with Crippen molar-refractivity contribution in [3.8, 4) is 0 Å². The Morgan fingerprint density at radius 2 is 1.95 bits per heavy atom. The summed E-state index contributed by atoms with van der Waals surface area (Å²) in [5.74, 6) is -0.0116. The van der Waals surface area contributed by atoms with Gasteiger partial charge in [-0.2, -0.15) is 0 Å². The van der Waals surface area contributed by atoms with Gasteiger partial charge in [0.15, 0.2) is 0 Å². The second-order valence-electron chi connectivity index (χ2n) is 5.16. The molecule has 1 aromatic carbocycles. The molecule has 1 aliphatic heterocycles. The molecule has 0 fully saturated rings. The fraction of sp³-hybridized carbons (Fsp3) is 0.375. The first-order chi connectivity index (χ1) is 10.5. The molecular weight excluding hydrogens is 304 g/mol. The standard InChI is InChI=1S/C16H19ClN2O3/c1-10-4-6-12(7-5-10)14-13(11(2)18-16(21)19-14)15(20)22-9-3-8-17/h4-7,14H,3,8-9H2,1-2H3,(H2,18,19,21)/t14-/m0/s1. The molecule has 22 heavy (non-hydrogen) atoms. The van der Waals surface area contributed by atoms with Crippen molar-refractivity contribution >= 4 is 23.6 Å². The highest BCUT2D eigenvalue weighted by Crippen LogP contribution is 2.27. The summed E-state index contributed by atoms with van der Waals surface area (Å²) in [5, 5.41) is 5.38. The van der Waals surface area contributed by atoms with E-state index in [-0.39, 0.29) is 12.6 Å². The van der Waals surface area contributed by atoms with Crippen molar-refractivity contribution in [3.63, 3.8) is 0 Å². The molecule has 0 bridgehead atoms. The Bertz CT molecular complexity index is 596. The van der Waals surface area contributed by atoms with Gasteiger partial charge in [0, 0.05) is 11.6 Å². The van der Waals surface area contributed by atoms with Crippen LogP contribution in [-0.2, 0) is 9.53 Å². The lowest BCUT2D eigenvalue weighted by Gasteiger charge is -2.28. The van der Waals surface area contributed by atoms with E-state index in [0.717, 1.165) is 11.1 Å². The van der Waals surface area contributed by atoms with E-state index in [1.54, 1.807) is 6.92 Å². The van der Waals surface area contributed by atoms with Crippen LogP contribution < -0.4 is 10.6 Å². The molecule has 1 aliphatic rings. The topological polar surface area (TPSA) is 67.4 Å². The first-order valence-electron chi connectivity index (χ1n) is 7.11. The molecule has 5 nitrogen and oxygen atoms in total. The summed E-state index contributed by atoms with van der Waals surface area (Å²) < 4.78 is 5.23. The molecule has 1 aromatic rings. The van der Waals surface area contributed by atoms with Crippen LogP contribution in [0.3, 0.4) is 0 Å². The summed E-state index contributed by atoms with van der Waals surface area (Å²) >= 11 is 5.59. The van der Waals surface area contributed by atoms with Gasteiger partial charge in [-0.15, -0.1) is 11.6 Å². The van der Waals surface area contributed by atoms with Gasteiger partial charge < -0.3 is 15.4 Å². The molecule has 0 aromatic heterocycles. The van der Waals surface area contributed by atoms with Crippen LogP contribution in [0.5, 0.6) is 0 Å². The number of esters is 1. The van der Waals surface area contributed by atoms with Gasteiger partial charge in [0.05, 0.1) is 18.2 Å². The number of carbonyl (C=O) groups excluding carboxylic acids is 2. The monoisotopic (exact) mass is 322 g/mol. The third-order valence-electron chi connectivity index (χ3n) is 3.41. The summed E-state index contributed by atoms with van der Waals surface area (Å²) in [7, 11) is 0. The van der Waals surface area contributed by atoms with Gasteiger partial charge in [-0.1, -0.05) is 29.8 Å². The fourth-order valence-electron chi connectivity index (χ4n) is 2.27. The zero-order valence-electron chi connectivity index (χ0n) is 12.6. The highest BCUT2D eigenvalue weighted by Gasteiger charge is 2.32. The Kier molecular flexibility index (Phi) is 5.44. The molecule has 118 valence electrons. The lowest BCUT2D eigenvalue weighted by Crippen LogP contribution is -2.45. The molecule has 1 heterocycles. The molecule has 0 spiro atoms. The number of carbonyl (C=O) groups is 2. The maximum atomic E-state index is 12.3. The minimum absolute atomic E-state index is 0.258. The second-order valence-corrected chi connectivity index (χ2v) is 5.54. The van der Waals surface area contributed by atoms with Gasteiger partial charge in [0.2, 0.25) is 0 Å². The van der Waals surface area contributed by atoms with Gasteiger partial charge in [0.1, 0.15) is 0 Å². The smallest absolute Gasteiger partial charge is 0.338 e. The minimum Gasteiger partial charge on any atom is -0.462 e. The maximum Gasteiger partial charge on any atom is 0.338 e. The highest BCUT2D eigenvalue weighted by atomic mass is 35.5. The Morgan fingerprint density at radius 3 is 2.59 bits per heavy atom. The van der Waals surface area contributed by atoms with Crippen LogP contribution in [0.4, 0.5) is 4.79 Å². The van der Waals surface area contributed by atoms with Crippen LogP contribution >= 0.6 is 11.6 Å². The van der Waals surface area contributed by atoms with E-state index in [4.69, 9.17) is 16.3 Å². The zero-order chi connectivity index (χ0) is 16.1. The third-order valence-corrected chi connectivity index (χ3v) is 3.68. The van der Waals surface area contributed by atoms with Gasteiger partial charge >= 0.3 is 12.0 Å². The number of amides is 2. The highest BCUT2D eigenvalue weighted by molar-refractivity contribution is 6.17. The van der Waals surface area contributed by atoms with Crippen LogP contribution in [-0.4, -0.2) is 24.5 Å². The number of alkyl halides is 1. The van der Waals surface area contributed by atoms with Gasteiger partial charge in [0.25, 0.3) is 0 Å². The molecule has 0 saturated carbocycles. The van der Waals surface area contributed by atoms with Crippen LogP contribution in [0.15, 0.2) is 35.5 Å². The van der Waals surface area contributed by atoms with Crippen molar-refractivity contribution in [3.05, 3.63) is 46.7 Å². The van der Waals surface area contributed by atoms with Crippen LogP contribution in [0.25, 0.3) is 0 Å². The van der Waals surface area contributed by atoms with Crippen LogP contribution in [0.2, 0.25) is 0 Å². The van der Waals surface area contributed by atoms with E-state index in [0.29, 0.717) is 23.6 Å². The second kappa shape index (κ2) is 7.31. The number of benzene rings is 1. The first-order valence-corrected chi connectivity index (χ1v) is 7.64. The fourth-order valence-corrected chi connectivity index (χ4v) is 2.38. The predicted octanol–water partition coefficient (Wildman–Crippen LogP) is 2.80. The van der Waals surface area contributed by atoms with Crippen LogP contribution in [0, 0.1) is 6.92 Å². The summed E-state index contributed by atoms with van der Waals surface area (Å²) in [5.41, 5.74) is 2.86. The van der Waals surface area contributed by atoms with Crippen LogP contribution in [0.1, 0.15) is 30.5 Å². The normalized spacial score (nSPS) is 17.8. The number of ether oxygens (including phenoxy) is 1. The van der Waals surface area contributed by atoms with Gasteiger partial charge in [-0.3, -0.25) is 0 Å². The number of nitrogens with one attached hydrogen (secondary N) is 2. The van der Waals surface area contributed by atoms with Crippen molar-refractivity contribution in [2.24, 2.45) is 0 Å². The molecule has 0 unspecified atom stereocenters. The SMILES string of the molecule is CC1=C(C(=O)OCCCCl)[C@H](c2ccc(C)cc2)NC(=O)N1. The average molecular weight is 323 g/mol. The Hall–Kier alpha value is -2.01. The van der Waals surface area contributed by atoms with Crippen molar-refractivity contribution in [1.82, 2.24) is 10.6 Å². The molecule has 0 radical (unpaired) electrons. The van der Waals surface area contributed by atoms with Crippen molar-refractivity contribution < 1.29 is 14.3 Å². The number of aryl methyl sites for hydroxylation is 1. The Balaban J connectivity index is 2.28. The van der Waals surface area contributed by atoms with Gasteiger partial charge in [-0.25, -0.2) is 9.59 Å². The van der Waals surface area contributed by atoms with E-state index in [1.807, 2.05) is 31.2 Å². The Morgan fingerprint density at radius 1 is 1.27 bits per heavy atom. The van der Waals surface area contributed by atoms with Crippen molar-refractivity contribution in [2.45, 2.75) is 26.3 Å². The van der Waals surface area contributed by atoms with E-state index >= 15 is 0 Å². The summed E-state index contributed by atoms with van der Waals surface area (Å²) in [6.45, 7) is 3.93. The largest absolute Gasteiger partial charge is 0.462 e. The van der Waals surface area contributed by atoms with E-state index in [9.17, 15) is 9.59 Å². The van der Waals surface area contributed by atoms with Crippen molar-refractivity contribution in [1.29, 1.82) is 0 Å². The third kappa shape index (κ3) is 3.80. The number of hydrogen-bond acceptors (Lipinski definition) is 3. The van der Waals surface area contributed by atoms with Crippen molar-refractivity contribution in [2.75, 3.05) is 12.5 Å². The molecule has 2 rings (SSSR count). The first kappa shape index (κ1) is 16.4. The predicted molar refractivity (Wildman–Crippen MR) is 84.6 cm³/mol. The number of halogens is 1. The van der Waals surface area contributed by atoms with Gasteiger partial charge in [-0.05, 0) is 25.8 Å².